The Morgan fingerprint density at radius 1 is 1.26 bits per heavy atom. The summed E-state index contributed by atoms with van der Waals surface area (Å²) in [4.78, 5) is 17.3. The van der Waals surface area contributed by atoms with Crippen LogP contribution in [-0.2, 0) is 4.79 Å². The molecule has 0 aliphatic carbocycles. The molecule has 0 saturated carbocycles. The molecule has 2 aromatic rings. The molecule has 1 aliphatic rings. The second kappa shape index (κ2) is 9.24. The van der Waals surface area contributed by atoms with Gasteiger partial charge in [-0.2, -0.15) is 0 Å². The van der Waals surface area contributed by atoms with Gasteiger partial charge in [-0.1, -0.05) is 13.0 Å². The Labute approximate surface area is 165 Å². The summed E-state index contributed by atoms with van der Waals surface area (Å²) in [5.41, 5.74) is 1.25. The third-order valence-electron chi connectivity index (χ3n) is 5.34. The van der Waals surface area contributed by atoms with E-state index in [9.17, 15) is 4.79 Å². The van der Waals surface area contributed by atoms with Crippen LogP contribution in [0.1, 0.15) is 31.2 Å². The first-order valence-corrected chi connectivity index (χ1v) is 10.6. The highest BCUT2D eigenvalue weighted by Gasteiger charge is 2.34. The number of hydrogen-bond donors (Lipinski definition) is 2. The second-order valence-corrected chi connectivity index (χ2v) is 8.03. The van der Waals surface area contributed by atoms with Crippen LogP contribution in [0.15, 0.2) is 41.8 Å². The molecule has 0 radical (unpaired) electrons. The van der Waals surface area contributed by atoms with Gasteiger partial charge >= 0.3 is 0 Å². The molecular weight excluding hydrogens is 358 g/mol. The molecule has 0 spiro atoms. The van der Waals surface area contributed by atoms with E-state index >= 15 is 0 Å². The normalized spacial score (nSPS) is 17.4. The molecule has 2 atom stereocenters. The molecular formula is C21H30N3O2S+. The summed E-state index contributed by atoms with van der Waals surface area (Å²) in [5, 5.41) is 5.32. The van der Waals surface area contributed by atoms with E-state index < -0.39 is 0 Å². The molecule has 146 valence electrons. The number of rotatable bonds is 7. The first-order chi connectivity index (χ1) is 13.1. The molecule has 1 aliphatic heterocycles. The fourth-order valence-electron chi connectivity index (χ4n) is 3.86. The van der Waals surface area contributed by atoms with Gasteiger partial charge in [0.15, 0.2) is 0 Å². The van der Waals surface area contributed by atoms with Crippen molar-refractivity contribution in [3.63, 3.8) is 0 Å². The van der Waals surface area contributed by atoms with Gasteiger partial charge in [0.2, 0.25) is 5.91 Å². The SMILES string of the molecule is CCC(=O)N[C@H](C)[C@@H](c1cccs1)[NH+]1CCN(c2ccc(OC)cc2)CC1. The molecule has 5 nitrogen and oxygen atoms in total. The van der Waals surface area contributed by atoms with Crippen LogP contribution >= 0.6 is 11.3 Å². The van der Waals surface area contributed by atoms with E-state index in [1.165, 1.54) is 10.6 Å². The lowest BCUT2D eigenvalue weighted by Gasteiger charge is -2.39. The summed E-state index contributed by atoms with van der Waals surface area (Å²) in [6, 6.07) is 13.0. The van der Waals surface area contributed by atoms with Crippen LogP contribution < -0.4 is 19.9 Å². The maximum atomic E-state index is 11.9. The molecule has 3 rings (SSSR count). The van der Waals surface area contributed by atoms with Crippen molar-refractivity contribution in [3.05, 3.63) is 46.7 Å². The highest BCUT2D eigenvalue weighted by atomic mass is 32.1. The number of anilines is 1. The Morgan fingerprint density at radius 3 is 2.52 bits per heavy atom. The molecule has 1 amide bonds. The molecule has 1 saturated heterocycles. The average molecular weight is 389 g/mol. The standard InChI is InChI=1S/C21H29N3O2S/c1-4-20(25)22-16(2)21(19-6-5-15-27-19)24-13-11-23(12-14-24)17-7-9-18(26-3)10-8-17/h5-10,15-16,21H,4,11-14H2,1-3H3,(H,22,25)/p+1/t16-,21+/m1/s1. The quantitative estimate of drug-likeness (QED) is 0.764. The van der Waals surface area contributed by atoms with Crippen LogP contribution in [0.3, 0.4) is 0 Å². The van der Waals surface area contributed by atoms with Crippen molar-refractivity contribution in [2.24, 2.45) is 0 Å². The largest absolute Gasteiger partial charge is 0.497 e. The van der Waals surface area contributed by atoms with Crippen molar-refractivity contribution in [3.8, 4) is 5.75 Å². The molecule has 6 heteroatoms. The highest BCUT2D eigenvalue weighted by Crippen LogP contribution is 2.22. The summed E-state index contributed by atoms with van der Waals surface area (Å²) >= 11 is 1.79. The van der Waals surface area contributed by atoms with Crippen LogP contribution in [0.5, 0.6) is 5.75 Å². The zero-order valence-electron chi connectivity index (χ0n) is 16.4. The number of thiophene rings is 1. The zero-order chi connectivity index (χ0) is 19.2. The number of amides is 1. The van der Waals surface area contributed by atoms with Crippen LogP contribution in [0.25, 0.3) is 0 Å². The Bertz CT molecular complexity index is 710. The van der Waals surface area contributed by atoms with Crippen molar-refractivity contribution >= 4 is 22.9 Å². The Hall–Kier alpha value is -2.05. The number of carbonyl (C=O) groups excluding carboxylic acids is 1. The van der Waals surface area contributed by atoms with Crippen molar-refractivity contribution in [2.45, 2.75) is 32.4 Å². The van der Waals surface area contributed by atoms with E-state index in [0.29, 0.717) is 12.5 Å². The number of ether oxygens (including phenoxy) is 1. The maximum absolute atomic E-state index is 11.9. The van der Waals surface area contributed by atoms with Crippen LogP contribution in [0, 0.1) is 0 Å². The molecule has 0 unspecified atom stereocenters. The van der Waals surface area contributed by atoms with Crippen molar-refractivity contribution in [1.29, 1.82) is 0 Å². The van der Waals surface area contributed by atoms with Crippen LogP contribution in [0.2, 0.25) is 0 Å². The van der Waals surface area contributed by atoms with Gasteiger partial charge in [0.1, 0.15) is 11.8 Å². The number of quaternary nitrogens is 1. The van der Waals surface area contributed by atoms with Crippen molar-refractivity contribution in [2.75, 3.05) is 38.2 Å². The summed E-state index contributed by atoms with van der Waals surface area (Å²) < 4.78 is 5.26. The molecule has 0 bridgehead atoms. The number of carbonyl (C=O) groups is 1. The molecule has 2 N–H and O–H groups in total. The van der Waals surface area contributed by atoms with Gasteiger partial charge in [0.25, 0.3) is 0 Å². The monoisotopic (exact) mass is 388 g/mol. The maximum Gasteiger partial charge on any atom is 0.220 e. The second-order valence-electron chi connectivity index (χ2n) is 7.05. The van der Waals surface area contributed by atoms with E-state index in [1.807, 2.05) is 19.1 Å². The van der Waals surface area contributed by atoms with Crippen molar-refractivity contribution in [1.82, 2.24) is 5.32 Å². The van der Waals surface area contributed by atoms with E-state index in [0.717, 1.165) is 31.9 Å². The third kappa shape index (κ3) is 4.82. The van der Waals surface area contributed by atoms with Gasteiger partial charge in [-0.3, -0.25) is 4.79 Å². The van der Waals surface area contributed by atoms with E-state index in [2.05, 4.69) is 46.8 Å². The van der Waals surface area contributed by atoms with Gasteiger partial charge in [0.05, 0.1) is 44.2 Å². The topological polar surface area (TPSA) is 46.0 Å². The number of nitrogens with zero attached hydrogens (tertiary/aromatic N) is 1. The Morgan fingerprint density at radius 2 is 1.96 bits per heavy atom. The first-order valence-electron chi connectivity index (χ1n) is 9.68. The van der Waals surface area contributed by atoms with Gasteiger partial charge in [-0.25, -0.2) is 0 Å². The number of piperazine rings is 1. The summed E-state index contributed by atoms with van der Waals surface area (Å²) in [6.07, 6.45) is 0.530. The first kappa shape index (κ1) is 19.7. The number of methoxy groups -OCH3 is 1. The molecule has 27 heavy (non-hydrogen) atoms. The lowest BCUT2D eigenvalue weighted by atomic mass is 10.0. The number of benzene rings is 1. The van der Waals surface area contributed by atoms with Gasteiger partial charge in [-0.15, -0.1) is 11.3 Å². The van der Waals surface area contributed by atoms with Gasteiger partial charge in [-0.05, 0) is 42.6 Å². The van der Waals surface area contributed by atoms with Crippen LogP contribution in [0.4, 0.5) is 5.69 Å². The lowest BCUT2D eigenvalue weighted by molar-refractivity contribution is -0.933. The van der Waals surface area contributed by atoms with E-state index in [4.69, 9.17) is 4.74 Å². The number of hydrogen-bond acceptors (Lipinski definition) is 4. The fourth-order valence-corrected chi connectivity index (χ4v) is 4.85. The lowest BCUT2D eigenvalue weighted by Crippen LogP contribution is -3.16. The fraction of sp³-hybridized carbons (Fsp3) is 0.476. The minimum atomic E-state index is 0.124. The smallest absolute Gasteiger partial charge is 0.220 e. The van der Waals surface area contributed by atoms with Gasteiger partial charge < -0.3 is 19.9 Å². The van der Waals surface area contributed by atoms with Gasteiger partial charge in [0, 0.05) is 12.1 Å². The summed E-state index contributed by atoms with van der Waals surface area (Å²) in [6.45, 7) is 8.18. The summed E-state index contributed by atoms with van der Waals surface area (Å²) in [7, 11) is 1.69. The minimum Gasteiger partial charge on any atom is -0.497 e. The predicted molar refractivity (Wildman–Crippen MR) is 111 cm³/mol. The highest BCUT2D eigenvalue weighted by molar-refractivity contribution is 7.10. The zero-order valence-corrected chi connectivity index (χ0v) is 17.2. The van der Waals surface area contributed by atoms with E-state index in [1.54, 1.807) is 23.3 Å². The molecule has 1 aromatic heterocycles. The average Bonchev–Trinajstić information content (AvgIpc) is 3.23. The van der Waals surface area contributed by atoms with Crippen molar-refractivity contribution < 1.29 is 14.4 Å². The minimum absolute atomic E-state index is 0.124. The summed E-state index contributed by atoms with van der Waals surface area (Å²) in [5.74, 6) is 1.02. The molecule has 1 aromatic carbocycles. The molecule has 2 heterocycles. The van der Waals surface area contributed by atoms with Crippen LogP contribution in [-0.4, -0.2) is 45.2 Å². The predicted octanol–water partition coefficient (Wildman–Crippen LogP) is 2.12. The van der Waals surface area contributed by atoms with E-state index in [-0.39, 0.29) is 11.9 Å². The Kier molecular flexibility index (Phi) is 6.74. The molecule has 1 fully saturated rings. The third-order valence-corrected chi connectivity index (χ3v) is 6.30. The number of nitrogens with one attached hydrogen (secondary N) is 2. The Balaban J connectivity index is 1.67.